The third kappa shape index (κ3) is 3.71. The van der Waals surface area contributed by atoms with Gasteiger partial charge in [0.1, 0.15) is 17.6 Å². The molecular formula is C19H15F3N6. The highest BCUT2D eigenvalue weighted by Gasteiger charge is 2.20. The topological polar surface area (TPSA) is 71.8 Å². The van der Waals surface area contributed by atoms with E-state index in [0.29, 0.717) is 28.3 Å². The molecule has 0 saturated carbocycles. The minimum Gasteiger partial charge on any atom is -0.323 e. The first-order valence-electron chi connectivity index (χ1n) is 8.22. The SMILES string of the molecule is C=C(F)/C=C\C(=C/C)c1ncn(CC(F)F)c1-c1ccc2ncc(C#N)n2n1. The fraction of sp³-hybridized carbons (Fsp3) is 0.158. The number of nitriles is 1. The molecule has 0 bridgehead atoms. The maximum atomic E-state index is 13.1. The van der Waals surface area contributed by atoms with Crippen LogP contribution in [0.4, 0.5) is 13.2 Å². The molecule has 0 aliphatic heterocycles. The van der Waals surface area contributed by atoms with E-state index >= 15 is 0 Å². The van der Waals surface area contributed by atoms with E-state index in [9.17, 15) is 18.4 Å². The van der Waals surface area contributed by atoms with Crippen LogP contribution in [0.5, 0.6) is 0 Å². The van der Waals surface area contributed by atoms with Gasteiger partial charge in [-0.1, -0.05) is 18.7 Å². The van der Waals surface area contributed by atoms with Crippen molar-refractivity contribution in [3.8, 4) is 17.5 Å². The van der Waals surface area contributed by atoms with E-state index in [-0.39, 0.29) is 5.69 Å². The van der Waals surface area contributed by atoms with E-state index in [4.69, 9.17) is 0 Å². The smallest absolute Gasteiger partial charge is 0.256 e. The molecule has 0 aliphatic carbocycles. The van der Waals surface area contributed by atoms with Crippen molar-refractivity contribution in [1.29, 1.82) is 5.26 Å². The number of hydrogen-bond donors (Lipinski definition) is 0. The third-order valence-corrected chi connectivity index (χ3v) is 3.92. The van der Waals surface area contributed by atoms with Crippen LogP contribution in [0, 0.1) is 11.3 Å². The summed E-state index contributed by atoms with van der Waals surface area (Å²) in [6.45, 7) is 4.30. The van der Waals surface area contributed by atoms with Crippen LogP contribution in [0.3, 0.4) is 0 Å². The quantitative estimate of drug-likeness (QED) is 0.598. The molecule has 142 valence electrons. The van der Waals surface area contributed by atoms with Gasteiger partial charge in [0.05, 0.1) is 30.5 Å². The number of rotatable bonds is 6. The molecule has 0 saturated heterocycles. The number of imidazole rings is 2. The molecule has 0 aliphatic rings. The lowest BCUT2D eigenvalue weighted by Gasteiger charge is -2.10. The maximum absolute atomic E-state index is 13.1. The second kappa shape index (κ2) is 7.92. The van der Waals surface area contributed by atoms with Crippen LogP contribution in [-0.2, 0) is 6.54 Å². The molecule has 0 N–H and O–H groups in total. The van der Waals surface area contributed by atoms with Gasteiger partial charge in [0.2, 0.25) is 0 Å². The fourth-order valence-electron chi connectivity index (χ4n) is 2.72. The standard InChI is InChI=1S/C19H15F3N6/c1-3-13(5-4-12(2)20)18-19(27(11-25-18)10-16(21)22)15-6-7-17-24-9-14(8-23)28(17)26-15/h3-7,9,11,16H,2,10H2,1H3/b5-4-,13-3+. The molecule has 0 spiro atoms. The van der Waals surface area contributed by atoms with Crippen molar-refractivity contribution in [2.75, 3.05) is 0 Å². The Morgan fingerprint density at radius 2 is 2.11 bits per heavy atom. The lowest BCUT2D eigenvalue weighted by Crippen LogP contribution is -2.09. The van der Waals surface area contributed by atoms with Crippen molar-refractivity contribution in [2.24, 2.45) is 0 Å². The van der Waals surface area contributed by atoms with Gasteiger partial charge in [0.15, 0.2) is 11.3 Å². The van der Waals surface area contributed by atoms with Crippen LogP contribution < -0.4 is 0 Å². The lowest BCUT2D eigenvalue weighted by molar-refractivity contribution is 0.127. The van der Waals surface area contributed by atoms with Crippen LogP contribution in [0.2, 0.25) is 0 Å². The molecular weight excluding hydrogens is 369 g/mol. The number of fused-ring (bicyclic) bond motifs is 1. The summed E-state index contributed by atoms with van der Waals surface area (Å²) in [6, 6.07) is 5.21. The monoisotopic (exact) mass is 384 g/mol. The first-order valence-corrected chi connectivity index (χ1v) is 8.22. The summed E-state index contributed by atoms with van der Waals surface area (Å²) in [7, 11) is 0. The number of aromatic nitrogens is 5. The van der Waals surface area contributed by atoms with Crippen LogP contribution >= 0.6 is 0 Å². The highest BCUT2D eigenvalue weighted by molar-refractivity contribution is 5.81. The Labute approximate surface area is 158 Å². The Balaban J connectivity index is 2.21. The van der Waals surface area contributed by atoms with Crippen molar-refractivity contribution in [1.82, 2.24) is 24.1 Å². The van der Waals surface area contributed by atoms with Gasteiger partial charge in [-0.15, -0.1) is 0 Å². The average molecular weight is 384 g/mol. The summed E-state index contributed by atoms with van der Waals surface area (Å²) >= 11 is 0. The summed E-state index contributed by atoms with van der Waals surface area (Å²) in [5.74, 6) is -0.649. The van der Waals surface area contributed by atoms with Gasteiger partial charge in [0.25, 0.3) is 6.43 Å². The van der Waals surface area contributed by atoms with Crippen molar-refractivity contribution in [3.05, 3.63) is 66.7 Å². The second-order valence-electron chi connectivity index (χ2n) is 5.75. The van der Waals surface area contributed by atoms with E-state index in [1.807, 2.05) is 6.07 Å². The number of hydrogen-bond acceptors (Lipinski definition) is 4. The fourth-order valence-corrected chi connectivity index (χ4v) is 2.72. The predicted molar refractivity (Wildman–Crippen MR) is 98.0 cm³/mol. The van der Waals surface area contributed by atoms with Crippen molar-refractivity contribution in [2.45, 2.75) is 19.9 Å². The zero-order chi connectivity index (χ0) is 20.3. The van der Waals surface area contributed by atoms with E-state index in [2.05, 4.69) is 21.6 Å². The molecule has 3 aromatic rings. The van der Waals surface area contributed by atoms with Crippen molar-refractivity contribution >= 4 is 11.2 Å². The van der Waals surface area contributed by atoms with Crippen LogP contribution in [0.15, 0.2) is 55.3 Å². The van der Waals surface area contributed by atoms with Gasteiger partial charge in [-0.25, -0.2) is 27.7 Å². The minimum absolute atomic E-state index is 0.207. The van der Waals surface area contributed by atoms with Crippen LogP contribution in [0.25, 0.3) is 22.6 Å². The Bertz CT molecular complexity index is 1130. The molecule has 0 atom stereocenters. The largest absolute Gasteiger partial charge is 0.323 e. The van der Waals surface area contributed by atoms with Crippen molar-refractivity contribution < 1.29 is 13.2 Å². The molecule has 3 aromatic heterocycles. The molecule has 3 rings (SSSR count). The van der Waals surface area contributed by atoms with E-state index in [0.717, 1.165) is 6.08 Å². The molecule has 0 unspecified atom stereocenters. The first-order chi connectivity index (χ1) is 13.4. The van der Waals surface area contributed by atoms with Gasteiger partial charge < -0.3 is 4.57 Å². The van der Waals surface area contributed by atoms with Gasteiger partial charge in [-0.2, -0.15) is 10.4 Å². The minimum atomic E-state index is -2.61. The second-order valence-corrected chi connectivity index (χ2v) is 5.75. The highest BCUT2D eigenvalue weighted by Crippen LogP contribution is 2.29. The van der Waals surface area contributed by atoms with Gasteiger partial charge in [0, 0.05) is 0 Å². The summed E-state index contributed by atoms with van der Waals surface area (Å²) in [5, 5.41) is 13.6. The number of alkyl halides is 2. The molecule has 6 nitrogen and oxygen atoms in total. The molecule has 0 fully saturated rings. The molecule has 3 heterocycles. The van der Waals surface area contributed by atoms with E-state index in [1.165, 1.54) is 27.7 Å². The van der Waals surface area contributed by atoms with E-state index in [1.54, 1.807) is 25.1 Å². The molecule has 0 radical (unpaired) electrons. The Morgan fingerprint density at radius 1 is 1.32 bits per heavy atom. The maximum Gasteiger partial charge on any atom is 0.256 e. The van der Waals surface area contributed by atoms with E-state index < -0.39 is 18.8 Å². The zero-order valence-corrected chi connectivity index (χ0v) is 14.9. The number of halogens is 3. The van der Waals surface area contributed by atoms with Gasteiger partial charge >= 0.3 is 0 Å². The molecule has 9 heteroatoms. The van der Waals surface area contributed by atoms with Crippen molar-refractivity contribution in [3.63, 3.8) is 0 Å². The summed E-state index contributed by atoms with van der Waals surface area (Å²) in [5.41, 5.74) is 2.16. The Morgan fingerprint density at radius 3 is 2.75 bits per heavy atom. The summed E-state index contributed by atoms with van der Waals surface area (Å²) < 4.78 is 41.8. The molecule has 28 heavy (non-hydrogen) atoms. The van der Waals surface area contributed by atoms with Crippen LogP contribution in [0.1, 0.15) is 18.3 Å². The average Bonchev–Trinajstić information content (AvgIpc) is 3.25. The third-order valence-electron chi connectivity index (χ3n) is 3.92. The normalized spacial score (nSPS) is 12.2. The molecule has 0 aromatic carbocycles. The summed E-state index contributed by atoms with van der Waals surface area (Å²) in [4.78, 5) is 8.30. The molecule has 0 amide bonds. The Hall–Kier alpha value is -3.67. The zero-order valence-electron chi connectivity index (χ0n) is 14.9. The predicted octanol–water partition coefficient (Wildman–Crippen LogP) is 4.17. The van der Waals surface area contributed by atoms with Gasteiger partial charge in [-0.3, -0.25) is 0 Å². The lowest BCUT2D eigenvalue weighted by atomic mass is 10.1. The number of nitrogens with zero attached hydrogens (tertiary/aromatic N) is 6. The Kier molecular flexibility index (Phi) is 5.40. The van der Waals surface area contributed by atoms with Crippen LogP contribution in [-0.4, -0.2) is 30.6 Å². The summed E-state index contributed by atoms with van der Waals surface area (Å²) in [6.07, 6.45) is 4.33. The first kappa shape index (κ1) is 19.1. The number of allylic oxidation sites excluding steroid dienone is 5. The van der Waals surface area contributed by atoms with Gasteiger partial charge in [-0.05, 0) is 30.7 Å². The highest BCUT2D eigenvalue weighted by atomic mass is 19.3.